The summed E-state index contributed by atoms with van der Waals surface area (Å²) < 4.78 is 0. The first-order valence-corrected chi connectivity index (χ1v) is 8.51. The molecule has 0 aliphatic carbocycles. The number of nitrogens with zero attached hydrogens (tertiary/aromatic N) is 1. The van der Waals surface area contributed by atoms with Crippen LogP contribution in [-0.4, -0.2) is 9.97 Å². The topological polar surface area (TPSA) is 28.7 Å². The van der Waals surface area contributed by atoms with Crippen LogP contribution >= 0.6 is 34.0 Å². The number of imidazole rings is 1. The third kappa shape index (κ3) is 1.74. The Balaban J connectivity index is 2.06. The third-order valence-electron chi connectivity index (χ3n) is 2.98. The highest BCUT2D eigenvalue weighted by molar-refractivity contribution is 7.27. The fraction of sp³-hybridized carbons (Fsp3) is 0. The molecule has 5 heteroatoms. The lowest BCUT2D eigenvalue weighted by molar-refractivity contribution is 1.28. The summed E-state index contributed by atoms with van der Waals surface area (Å²) in [6.07, 6.45) is 5.48. The SMILES string of the molecule is C#Cc1nc2c(-c3cccs3)sc(-c3cccs3)c2[nH]1. The Morgan fingerprint density at radius 1 is 1.05 bits per heavy atom. The minimum atomic E-state index is 0.596. The lowest BCUT2D eigenvalue weighted by Crippen LogP contribution is -1.75. The second-order valence-corrected chi connectivity index (χ2v) is 7.08. The summed E-state index contributed by atoms with van der Waals surface area (Å²) in [6, 6.07) is 8.38. The Morgan fingerprint density at radius 3 is 2.35 bits per heavy atom. The van der Waals surface area contributed by atoms with E-state index in [2.05, 4.69) is 50.9 Å². The zero-order valence-electron chi connectivity index (χ0n) is 10.2. The molecule has 4 aromatic heterocycles. The number of hydrogen-bond donors (Lipinski definition) is 1. The Hall–Kier alpha value is -1.87. The number of hydrogen-bond acceptors (Lipinski definition) is 4. The van der Waals surface area contributed by atoms with Crippen molar-refractivity contribution in [1.29, 1.82) is 0 Å². The van der Waals surface area contributed by atoms with Crippen LogP contribution in [0.1, 0.15) is 5.82 Å². The summed E-state index contributed by atoms with van der Waals surface area (Å²) in [5, 5.41) is 4.17. The highest BCUT2D eigenvalue weighted by Crippen LogP contribution is 2.45. The van der Waals surface area contributed by atoms with Gasteiger partial charge in [-0.1, -0.05) is 12.1 Å². The van der Waals surface area contributed by atoms with Crippen molar-refractivity contribution >= 4 is 45.0 Å². The molecule has 0 radical (unpaired) electrons. The molecule has 0 bridgehead atoms. The monoisotopic (exact) mass is 312 g/mol. The Morgan fingerprint density at radius 2 is 1.75 bits per heavy atom. The van der Waals surface area contributed by atoms with E-state index < -0.39 is 0 Å². The molecule has 4 aromatic rings. The molecule has 0 aliphatic heterocycles. The zero-order valence-corrected chi connectivity index (χ0v) is 12.7. The van der Waals surface area contributed by atoms with Crippen molar-refractivity contribution in [3.05, 3.63) is 40.8 Å². The minimum absolute atomic E-state index is 0.596. The number of nitrogens with one attached hydrogen (secondary N) is 1. The predicted octanol–water partition coefficient (Wildman–Crippen LogP) is 5.06. The van der Waals surface area contributed by atoms with Crippen LogP contribution in [0.15, 0.2) is 35.0 Å². The molecule has 0 saturated carbocycles. The normalized spacial score (nSPS) is 10.9. The summed E-state index contributed by atoms with van der Waals surface area (Å²) in [5.74, 6) is 3.19. The smallest absolute Gasteiger partial charge is 0.183 e. The summed E-state index contributed by atoms with van der Waals surface area (Å²) >= 11 is 5.23. The number of rotatable bonds is 2. The van der Waals surface area contributed by atoms with Gasteiger partial charge >= 0.3 is 0 Å². The largest absolute Gasteiger partial charge is 0.330 e. The van der Waals surface area contributed by atoms with Crippen LogP contribution in [0.4, 0.5) is 0 Å². The average molecular weight is 312 g/mol. The van der Waals surface area contributed by atoms with E-state index in [9.17, 15) is 0 Å². The van der Waals surface area contributed by atoms with Gasteiger partial charge in [0, 0.05) is 9.75 Å². The van der Waals surface area contributed by atoms with E-state index in [0.717, 1.165) is 11.0 Å². The van der Waals surface area contributed by atoms with Gasteiger partial charge in [0.1, 0.15) is 5.52 Å². The first kappa shape index (κ1) is 11.9. The van der Waals surface area contributed by atoms with Crippen molar-refractivity contribution in [3.63, 3.8) is 0 Å². The number of aromatic nitrogens is 2. The van der Waals surface area contributed by atoms with Gasteiger partial charge in [0.15, 0.2) is 5.82 Å². The molecule has 2 nitrogen and oxygen atoms in total. The van der Waals surface area contributed by atoms with Crippen molar-refractivity contribution in [2.45, 2.75) is 0 Å². The first-order valence-electron chi connectivity index (χ1n) is 5.93. The Labute approximate surface area is 127 Å². The summed E-state index contributed by atoms with van der Waals surface area (Å²) in [5.41, 5.74) is 2.03. The highest BCUT2D eigenvalue weighted by Gasteiger charge is 2.19. The van der Waals surface area contributed by atoms with Crippen molar-refractivity contribution in [2.75, 3.05) is 0 Å². The van der Waals surface area contributed by atoms with Gasteiger partial charge in [0.05, 0.1) is 15.3 Å². The fourth-order valence-corrected chi connectivity index (χ4v) is 5.04. The highest BCUT2D eigenvalue weighted by atomic mass is 32.1. The molecule has 0 aromatic carbocycles. The van der Waals surface area contributed by atoms with Gasteiger partial charge in [0.2, 0.25) is 0 Å². The van der Waals surface area contributed by atoms with E-state index >= 15 is 0 Å². The Kier molecular flexibility index (Phi) is 2.74. The van der Waals surface area contributed by atoms with E-state index in [1.807, 2.05) is 0 Å². The molecule has 0 spiro atoms. The molecule has 0 unspecified atom stereocenters. The van der Waals surface area contributed by atoms with Crippen LogP contribution in [0.2, 0.25) is 0 Å². The van der Waals surface area contributed by atoms with Gasteiger partial charge in [-0.05, 0) is 28.8 Å². The maximum Gasteiger partial charge on any atom is 0.183 e. The Bertz CT molecular complexity index is 836. The lowest BCUT2D eigenvalue weighted by atomic mass is 10.3. The number of fused-ring (bicyclic) bond motifs is 1. The second kappa shape index (κ2) is 4.60. The fourth-order valence-electron chi connectivity index (χ4n) is 2.13. The van der Waals surface area contributed by atoms with Crippen LogP contribution in [0, 0.1) is 12.3 Å². The maximum absolute atomic E-state index is 5.48. The van der Waals surface area contributed by atoms with E-state index in [0.29, 0.717) is 5.82 Å². The van der Waals surface area contributed by atoms with E-state index in [4.69, 9.17) is 6.42 Å². The third-order valence-corrected chi connectivity index (χ3v) is 6.26. The molecule has 0 saturated heterocycles. The lowest BCUT2D eigenvalue weighted by Gasteiger charge is -1.91. The zero-order chi connectivity index (χ0) is 13.5. The van der Waals surface area contributed by atoms with Gasteiger partial charge < -0.3 is 4.98 Å². The van der Waals surface area contributed by atoms with Crippen molar-refractivity contribution in [1.82, 2.24) is 9.97 Å². The van der Waals surface area contributed by atoms with E-state index in [1.165, 1.54) is 19.5 Å². The van der Waals surface area contributed by atoms with Crippen LogP contribution in [-0.2, 0) is 0 Å². The van der Waals surface area contributed by atoms with Gasteiger partial charge in [0.25, 0.3) is 0 Å². The standard InChI is InChI=1S/C15H8N2S3/c1-2-11-16-12-13(17-11)15(10-6-4-8-19-10)20-14(12)9-5-3-7-18-9/h1,3-8H,(H,16,17). The molecule has 0 amide bonds. The molecule has 0 aliphatic rings. The molecule has 4 rings (SSSR count). The van der Waals surface area contributed by atoms with Crippen LogP contribution < -0.4 is 0 Å². The van der Waals surface area contributed by atoms with Gasteiger partial charge in [-0.2, -0.15) is 0 Å². The average Bonchev–Trinajstić information content (AvgIpc) is 3.21. The summed E-state index contributed by atoms with van der Waals surface area (Å²) in [7, 11) is 0. The van der Waals surface area contributed by atoms with E-state index in [1.54, 1.807) is 34.0 Å². The first-order chi connectivity index (χ1) is 9.86. The van der Waals surface area contributed by atoms with E-state index in [-0.39, 0.29) is 0 Å². The van der Waals surface area contributed by atoms with Gasteiger partial charge in [-0.3, -0.25) is 0 Å². The van der Waals surface area contributed by atoms with Crippen molar-refractivity contribution in [2.24, 2.45) is 0 Å². The minimum Gasteiger partial charge on any atom is -0.330 e. The van der Waals surface area contributed by atoms with Gasteiger partial charge in [-0.25, -0.2) is 4.98 Å². The molecular weight excluding hydrogens is 304 g/mol. The predicted molar refractivity (Wildman–Crippen MR) is 88.5 cm³/mol. The molecule has 1 N–H and O–H groups in total. The molecule has 0 fully saturated rings. The van der Waals surface area contributed by atoms with Crippen molar-refractivity contribution < 1.29 is 0 Å². The summed E-state index contributed by atoms with van der Waals surface area (Å²) in [4.78, 5) is 12.7. The molecule has 0 atom stereocenters. The number of terminal acetylenes is 1. The molecular formula is C15H8N2S3. The molecule has 96 valence electrons. The number of aromatic amines is 1. The molecule has 20 heavy (non-hydrogen) atoms. The van der Waals surface area contributed by atoms with Crippen LogP contribution in [0.3, 0.4) is 0 Å². The second-order valence-electron chi connectivity index (χ2n) is 4.17. The summed E-state index contributed by atoms with van der Waals surface area (Å²) in [6.45, 7) is 0. The molecule has 4 heterocycles. The number of H-pyrrole nitrogens is 1. The van der Waals surface area contributed by atoms with Gasteiger partial charge in [-0.15, -0.1) is 40.4 Å². The number of thiophene rings is 3. The van der Waals surface area contributed by atoms with Crippen LogP contribution in [0.25, 0.3) is 30.5 Å². The quantitative estimate of drug-likeness (QED) is 0.515. The maximum atomic E-state index is 5.48. The van der Waals surface area contributed by atoms with Crippen molar-refractivity contribution in [3.8, 4) is 31.9 Å². The van der Waals surface area contributed by atoms with Crippen LogP contribution in [0.5, 0.6) is 0 Å².